The summed E-state index contributed by atoms with van der Waals surface area (Å²) in [5.41, 5.74) is 1.24. The van der Waals surface area contributed by atoms with Gasteiger partial charge in [0, 0.05) is 0 Å². The molecule has 1 heterocycles. The molecule has 1 aromatic heterocycles. The fraction of sp³-hybridized carbons (Fsp3) is 0.375. The van der Waals surface area contributed by atoms with Crippen molar-refractivity contribution in [2.45, 2.75) is 20.8 Å². The van der Waals surface area contributed by atoms with Crippen LogP contribution >= 0.6 is 0 Å². The Bertz CT molecular complexity index is 206. The van der Waals surface area contributed by atoms with Gasteiger partial charge in [-0.1, -0.05) is 0 Å². The lowest BCUT2D eigenvalue weighted by molar-refractivity contribution is -0.122. The van der Waals surface area contributed by atoms with E-state index in [0.29, 0.717) is 0 Å². The predicted molar refractivity (Wildman–Crippen MR) is 41.6 cm³/mol. The Hall–Kier alpha value is -1.25. The summed E-state index contributed by atoms with van der Waals surface area (Å²) in [6.07, 6.45) is 0. The van der Waals surface area contributed by atoms with Gasteiger partial charge in [0.2, 0.25) is 0 Å². The van der Waals surface area contributed by atoms with Crippen LogP contribution < -0.4 is 0 Å². The predicted octanol–water partition coefficient (Wildman–Crippen LogP) is 1.91. The van der Waals surface area contributed by atoms with Crippen molar-refractivity contribution in [2.75, 3.05) is 0 Å². The zero-order valence-electron chi connectivity index (χ0n) is 6.92. The lowest BCUT2D eigenvalue weighted by atomic mass is 10.3. The van der Waals surface area contributed by atoms with E-state index >= 15 is 0 Å². The van der Waals surface area contributed by atoms with Gasteiger partial charge in [0.1, 0.15) is 11.5 Å². The molecule has 0 saturated carbocycles. The lowest BCUT2D eigenvalue weighted by Crippen LogP contribution is -1.63. The Morgan fingerprint density at radius 3 is 2.00 bits per heavy atom. The van der Waals surface area contributed by atoms with Gasteiger partial charge in [0.25, 0.3) is 6.47 Å². The molecule has 0 radical (unpaired) electrons. The fourth-order valence-electron chi connectivity index (χ4n) is 0.758. The molecule has 0 bridgehead atoms. The van der Waals surface area contributed by atoms with Crippen molar-refractivity contribution >= 4 is 6.47 Å². The largest absolute Gasteiger partial charge is 0.483 e. The highest BCUT2D eigenvalue weighted by molar-refractivity contribution is 5.32. The Kier molecular flexibility index (Phi) is 4.03. The molecule has 11 heavy (non-hydrogen) atoms. The lowest BCUT2D eigenvalue weighted by Gasteiger charge is -1.80. The first-order valence-electron chi connectivity index (χ1n) is 3.23. The van der Waals surface area contributed by atoms with Crippen molar-refractivity contribution < 1.29 is 14.3 Å². The summed E-state index contributed by atoms with van der Waals surface area (Å²) in [6, 6.07) is 2.04. The van der Waals surface area contributed by atoms with Crippen molar-refractivity contribution in [3.8, 4) is 0 Å². The number of furan rings is 1. The highest BCUT2D eigenvalue weighted by Gasteiger charge is 1.95. The van der Waals surface area contributed by atoms with Crippen LogP contribution in [0, 0.1) is 20.8 Å². The molecule has 0 atom stereocenters. The van der Waals surface area contributed by atoms with Crippen molar-refractivity contribution in [3.63, 3.8) is 0 Å². The van der Waals surface area contributed by atoms with E-state index in [1.807, 2.05) is 26.8 Å². The molecule has 0 aliphatic heterocycles. The van der Waals surface area contributed by atoms with E-state index in [1.54, 1.807) is 0 Å². The standard InChI is InChI=1S/C7H10O.CH2O2/c1-5-4-6(2)8-7(5)3;2-1-3/h4H,1-3H3;1H,(H,2,3). The topological polar surface area (TPSA) is 50.4 Å². The molecule has 0 amide bonds. The smallest absolute Gasteiger partial charge is 0.290 e. The second kappa shape index (κ2) is 4.55. The number of carboxylic acid groups (broad SMARTS) is 1. The van der Waals surface area contributed by atoms with Crippen LogP contribution in [0.15, 0.2) is 10.5 Å². The second-order valence-corrected chi connectivity index (χ2v) is 2.20. The van der Waals surface area contributed by atoms with Gasteiger partial charge in [-0.3, -0.25) is 4.79 Å². The minimum Gasteiger partial charge on any atom is -0.483 e. The normalized spacial score (nSPS) is 8.27. The molecule has 1 rings (SSSR count). The molecule has 3 nitrogen and oxygen atoms in total. The number of hydrogen-bond donors (Lipinski definition) is 1. The van der Waals surface area contributed by atoms with E-state index < -0.39 is 0 Å². The SMILES string of the molecule is Cc1cc(C)c(C)o1.O=CO. The van der Waals surface area contributed by atoms with Gasteiger partial charge in [-0.05, 0) is 32.4 Å². The summed E-state index contributed by atoms with van der Waals surface area (Å²) < 4.78 is 5.21. The van der Waals surface area contributed by atoms with E-state index in [2.05, 4.69) is 0 Å². The molecule has 1 aromatic rings. The number of rotatable bonds is 0. The first-order valence-corrected chi connectivity index (χ1v) is 3.23. The fourth-order valence-corrected chi connectivity index (χ4v) is 0.758. The maximum Gasteiger partial charge on any atom is 0.290 e. The van der Waals surface area contributed by atoms with Crippen molar-refractivity contribution in [3.05, 3.63) is 23.2 Å². The Balaban J connectivity index is 0.000000292. The summed E-state index contributed by atoms with van der Waals surface area (Å²) >= 11 is 0. The molecule has 0 aliphatic rings. The van der Waals surface area contributed by atoms with Crippen LogP contribution in [0.1, 0.15) is 17.1 Å². The third kappa shape index (κ3) is 3.45. The molecule has 0 spiro atoms. The van der Waals surface area contributed by atoms with Crippen molar-refractivity contribution in [2.24, 2.45) is 0 Å². The van der Waals surface area contributed by atoms with Gasteiger partial charge in [0.05, 0.1) is 0 Å². The van der Waals surface area contributed by atoms with Crippen LogP contribution in [-0.2, 0) is 4.79 Å². The summed E-state index contributed by atoms with van der Waals surface area (Å²) in [5, 5.41) is 6.89. The summed E-state index contributed by atoms with van der Waals surface area (Å²) in [6.45, 7) is 5.73. The van der Waals surface area contributed by atoms with Crippen LogP contribution in [-0.4, -0.2) is 11.6 Å². The van der Waals surface area contributed by atoms with E-state index in [9.17, 15) is 0 Å². The van der Waals surface area contributed by atoms with Gasteiger partial charge in [-0.2, -0.15) is 0 Å². The third-order valence-electron chi connectivity index (χ3n) is 1.29. The Labute approximate surface area is 65.6 Å². The molecular formula is C8H12O3. The second-order valence-electron chi connectivity index (χ2n) is 2.20. The quantitative estimate of drug-likeness (QED) is 0.583. The minimum absolute atomic E-state index is 0.250. The number of hydrogen-bond acceptors (Lipinski definition) is 2. The van der Waals surface area contributed by atoms with Gasteiger partial charge in [0.15, 0.2) is 0 Å². The van der Waals surface area contributed by atoms with Gasteiger partial charge < -0.3 is 9.52 Å². The molecule has 3 heteroatoms. The first kappa shape index (κ1) is 9.75. The number of carbonyl (C=O) groups is 1. The van der Waals surface area contributed by atoms with Crippen LogP contribution in [0.25, 0.3) is 0 Å². The van der Waals surface area contributed by atoms with Crippen LogP contribution in [0.5, 0.6) is 0 Å². The van der Waals surface area contributed by atoms with E-state index in [1.165, 1.54) is 5.56 Å². The van der Waals surface area contributed by atoms with Crippen molar-refractivity contribution in [1.29, 1.82) is 0 Å². The van der Waals surface area contributed by atoms with Crippen LogP contribution in [0.4, 0.5) is 0 Å². The van der Waals surface area contributed by atoms with Crippen LogP contribution in [0.3, 0.4) is 0 Å². The minimum atomic E-state index is -0.250. The first-order chi connectivity index (χ1) is 5.11. The highest BCUT2D eigenvalue weighted by Crippen LogP contribution is 2.10. The zero-order valence-corrected chi connectivity index (χ0v) is 6.92. The molecule has 0 aromatic carbocycles. The number of aryl methyl sites for hydroxylation is 3. The summed E-state index contributed by atoms with van der Waals surface area (Å²) in [5.74, 6) is 2.03. The average molecular weight is 156 g/mol. The Morgan fingerprint density at radius 2 is 1.91 bits per heavy atom. The maximum absolute atomic E-state index is 8.36. The van der Waals surface area contributed by atoms with Gasteiger partial charge in [-0.15, -0.1) is 0 Å². The average Bonchev–Trinajstić information content (AvgIpc) is 2.12. The molecule has 0 fully saturated rings. The van der Waals surface area contributed by atoms with E-state index in [-0.39, 0.29) is 6.47 Å². The zero-order chi connectivity index (χ0) is 8.85. The molecular weight excluding hydrogens is 144 g/mol. The maximum atomic E-state index is 8.36. The van der Waals surface area contributed by atoms with Crippen molar-refractivity contribution in [1.82, 2.24) is 0 Å². The summed E-state index contributed by atoms with van der Waals surface area (Å²) in [7, 11) is 0. The molecule has 0 aliphatic carbocycles. The monoisotopic (exact) mass is 156 g/mol. The molecule has 0 saturated heterocycles. The summed E-state index contributed by atoms with van der Waals surface area (Å²) in [4.78, 5) is 8.36. The molecule has 62 valence electrons. The Morgan fingerprint density at radius 1 is 1.45 bits per heavy atom. The van der Waals surface area contributed by atoms with Gasteiger partial charge >= 0.3 is 0 Å². The molecule has 1 N–H and O–H groups in total. The molecule has 0 unspecified atom stereocenters. The third-order valence-corrected chi connectivity index (χ3v) is 1.29. The van der Waals surface area contributed by atoms with E-state index in [0.717, 1.165) is 11.5 Å². The van der Waals surface area contributed by atoms with Crippen LogP contribution in [0.2, 0.25) is 0 Å². The van der Waals surface area contributed by atoms with E-state index in [4.69, 9.17) is 14.3 Å². The highest BCUT2D eigenvalue weighted by atomic mass is 16.3. The van der Waals surface area contributed by atoms with Gasteiger partial charge in [-0.25, -0.2) is 0 Å².